The first kappa shape index (κ1) is 23.8. The van der Waals surface area contributed by atoms with Gasteiger partial charge in [0.25, 0.3) is 5.91 Å². The largest absolute Gasteiger partial charge is 0.444 e. The highest BCUT2D eigenvalue weighted by atomic mass is 35.5. The van der Waals surface area contributed by atoms with Crippen molar-refractivity contribution in [3.8, 4) is 0 Å². The van der Waals surface area contributed by atoms with Gasteiger partial charge < -0.3 is 14.8 Å². The lowest BCUT2D eigenvalue weighted by Crippen LogP contribution is -2.31. The summed E-state index contributed by atoms with van der Waals surface area (Å²) >= 11 is 5.86. The van der Waals surface area contributed by atoms with Crippen molar-refractivity contribution in [2.75, 3.05) is 18.5 Å². The van der Waals surface area contributed by atoms with Crippen LogP contribution in [0.15, 0.2) is 60.8 Å². The Morgan fingerprint density at radius 1 is 1.12 bits per heavy atom. The molecule has 9 heteroatoms. The topological polar surface area (TPSA) is 94.5 Å². The van der Waals surface area contributed by atoms with Crippen LogP contribution in [0.2, 0.25) is 5.02 Å². The smallest absolute Gasteiger partial charge is 0.411 e. The molecule has 3 aromatic rings. The van der Waals surface area contributed by atoms with Gasteiger partial charge in [-0.25, -0.2) is 4.79 Å². The second-order valence-corrected chi connectivity index (χ2v) is 8.59. The Morgan fingerprint density at radius 3 is 2.53 bits per heavy atom. The van der Waals surface area contributed by atoms with E-state index >= 15 is 0 Å². The average molecular weight is 483 g/mol. The fourth-order valence-corrected chi connectivity index (χ4v) is 3.93. The molecule has 0 spiro atoms. The first-order valence-corrected chi connectivity index (χ1v) is 11.6. The standard InChI is InChI=1S/C25H27ClN4O4/c1-17(28-24(31)23-10-13-27-30(23)22-11-14-33-15-12-22)19-4-8-21(9-5-19)29-25(32)34-16-18-2-6-20(26)7-3-18/h2-10,13,17,22H,11-12,14-16H2,1H3,(H,28,31)(H,29,32). The molecule has 1 fully saturated rings. The van der Waals surface area contributed by atoms with Crippen LogP contribution in [0.4, 0.5) is 10.5 Å². The number of rotatable bonds is 7. The third kappa shape index (κ3) is 6.15. The molecule has 0 aliphatic carbocycles. The minimum atomic E-state index is -0.551. The zero-order valence-corrected chi connectivity index (χ0v) is 19.6. The molecule has 1 unspecified atom stereocenters. The number of halogens is 1. The van der Waals surface area contributed by atoms with Crippen LogP contribution in [0.1, 0.15) is 53.5 Å². The molecule has 2 aromatic carbocycles. The molecule has 8 nitrogen and oxygen atoms in total. The molecule has 1 aromatic heterocycles. The monoisotopic (exact) mass is 482 g/mol. The normalized spacial score (nSPS) is 14.9. The van der Waals surface area contributed by atoms with Crippen LogP contribution in [-0.2, 0) is 16.1 Å². The highest BCUT2D eigenvalue weighted by Gasteiger charge is 2.22. The summed E-state index contributed by atoms with van der Waals surface area (Å²) < 4.78 is 12.4. The number of hydrogen-bond acceptors (Lipinski definition) is 5. The van der Waals surface area contributed by atoms with E-state index in [4.69, 9.17) is 21.1 Å². The van der Waals surface area contributed by atoms with Crippen LogP contribution in [0.3, 0.4) is 0 Å². The minimum absolute atomic E-state index is 0.147. The maximum atomic E-state index is 12.9. The molecule has 1 atom stereocenters. The Balaban J connectivity index is 1.29. The Hall–Kier alpha value is -3.36. The average Bonchev–Trinajstić information content (AvgIpc) is 3.35. The number of nitrogens with zero attached hydrogens (tertiary/aromatic N) is 2. The molecule has 1 aliphatic heterocycles. The summed E-state index contributed by atoms with van der Waals surface area (Å²) in [6.45, 7) is 3.42. The van der Waals surface area contributed by atoms with Gasteiger partial charge in [0.1, 0.15) is 12.3 Å². The predicted octanol–water partition coefficient (Wildman–Crippen LogP) is 5.13. The summed E-state index contributed by atoms with van der Waals surface area (Å²) in [5, 5.41) is 10.7. The number of ether oxygens (including phenoxy) is 2. The molecule has 0 bridgehead atoms. The molecule has 2 amide bonds. The van der Waals surface area contributed by atoms with Crippen LogP contribution in [-0.4, -0.2) is 35.0 Å². The van der Waals surface area contributed by atoms with E-state index in [1.54, 1.807) is 53.3 Å². The zero-order chi connectivity index (χ0) is 23.9. The maximum Gasteiger partial charge on any atom is 0.411 e. The van der Waals surface area contributed by atoms with E-state index in [1.165, 1.54) is 0 Å². The van der Waals surface area contributed by atoms with Gasteiger partial charge in [-0.2, -0.15) is 5.10 Å². The summed E-state index contributed by atoms with van der Waals surface area (Å²) in [4.78, 5) is 25.0. The molecule has 34 heavy (non-hydrogen) atoms. The van der Waals surface area contributed by atoms with E-state index in [0.717, 1.165) is 24.0 Å². The zero-order valence-electron chi connectivity index (χ0n) is 18.9. The third-order valence-corrected chi connectivity index (χ3v) is 5.98. The molecule has 0 saturated carbocycles. The van der Waals surface area contributed by atoms with Crippen molar-refractivity contribution in [1.82, 2.24) is 15.1 Å². The molecular formula is C25H27ClN4O4. The summed E-state index contributed by atoms with van der Waals surface area (Å²) in [5.74, 6) is -0.176. The molecule has 1 aliphatic rings. The second kappa shape index (κ2) is 11.2. The van der Waals surface area contributed by atoms with Crippen molar-refractivity contribution in [2.45, 2.75) is 38.5 Å². The first-order chi connectivity index (χ1) is 16.5. The fraction of sp³-hybridized carbons (Fsp3) is 0.320. The van der Waals surface area contributed by atoms with Gasteiger partial charge in [-0.05, 0) is 61.2 Å². The fourth-order valence-electron chi connectivity index (χ4n) is 3.81. The Kier molecular flexibility index (Phi) is 7.82. The molecule has 2 heterocycles. The number of anilines is 1. The number of nitrogens with one attached hydrogen (secondary N) is 2. The van der Waals surface area contributed by atoms with Crippen LogP contribution >= 0.6 is 11.6 Å². The highest BCUT2D eigenvalue weighted by molar-refractivity contribution is 6.30. The van der Waals surface area contributed by atoms with Gasteiger partial charge in [0.05, 0.1) is 12.1 Å². The lowest BCUT2D eigenvalue weighted by Gasteiger charge is -2.24. The van der Waals surface area contributed by atoms with Crippen LogP contribution in [0.5, 0.6) is 0 Å². The number of amides is 2. The van der Waals surface area contributed by atoms with Crippen molar-refractivity contribution in [3.05, 3.63) is 82.6 Å². The Morgan fingerprint density at radius 2 is 1.82 bits per heavy atom. The molecule has 1 saturated heterocycles. The van der Waals surface area contributed by atoms with Gasteiger partial charge in [0.15, 0.2) is 0 Å². The SMILES string of the molecule is CC(NC(=O)c1ccnn1C1CCOCC1)c1ccc(NC(=O)OCc2ccc(Cl)cc2)cc1. The van der Waals surface area contributed by atoms with E-state index in [-0.39, 0.29) is 24.6 Å². The van der Waals surface area contributed by atoms with Crippen LogP contribution in [0, 0.1) is 0 Å². The van der Waals surface area contributed by atoms with Crippen molar-refractivity contribution in [3.63, 3.8) is 0 Å². The van der Waals surface area contributed by atoms with Crippen molar-refractivity contribution in [1.29, 1.82) is 0 Å². The van der Waals surface area contributed by atoms with E-state index in [2.05, 4.69) is 15.7 Å². The van der Waals surface area contributed by atoms with Gasteiger partial charge in [0.2, 0.25) is 0 Å². The Bertz CT molecular complexity index is 1110. The lowest BCUT2D eigenvalue weighted by molar-refractivity contribution is 0.0640. The summed E-state index contributed by atoms with van der Waals surface area (Å²) in [6.07, 6.45) is 2.79. The highest BCUT2D eigenvalue weighted by Crippen LogP contribution is 2.23. The third-order valence-electron chi connectivity index (χ3n) is 5.73. The first-order valence-electron chi connectivity index (χ1n) is 11.2. The summed E-state index contributed by atoms with van der Waals surface area (Å²) in [5.41, 5.74) is 2.89. The molecule has 178 valence electrons. The lowest BCUT2D eigenvalue weighted by atomic mass is 10.1. The van der Waals surface area contributed by atoms with Gasteiger partial charge in [0, 0.05) is 30.1 Å². The number of carbonyl (C=O) groups excluding carboxylic acids is 2. The minimum Gasteiger partial charge on any atom is -0.444 e. The van der Waals surface area contributed by atoms with Gasteiger partial charge in [-0.1, -0.05) is 35.9 Å². The number of hydrogen-bond donors (Lipinski definition) is 2. The quantitative estimate of drug-likeness (QED) is 0.487. The molecular weight excluding hydrogens is 456 g/mol. The van der Waals surface area contributed by atoms with Gasteiger partial charge in [-0.15, -0.1) is 0 Å². The van der Waals surface area contributed by atoms with Crippen LogP contribution < -0.4 is 10.6 Å². The van der Waals surface area contributed by atoms with Gasteiger partial charge in [-0.3, -0.25) is 14.8 Å². The van der Waals surface area contributed by atoms with Gasteiger partial charge >= 0.3 is 6.09 Å². The molecule has 2 N–H and O–H groups in total. The van der Waals surface area contributed by atoms with E-state index in [9.17, 15) is 9.59 Å². The maximum absolute atomic E-state index is 12.9. The molecule has 0 radical (unpaired) electrons. The number of carbonyl (C=O) groups is 2. The van der Waals surface area contributed by atoms with Crippen molar-refractivity contribution in [2.24, 2.45) is 0 Å². The number of benzene rings is 2. The summed E-state index contributed by atoms with van der Waals surface area (Å²) in [7, 11) is 0. The van der Waals surface area contributed by atoms with E-state index < -0.39 is 6.09 Å². The second-order valence-electron chi connectivity index (χ2n) is 8.15. The number of aromatic nitrogens is 2. The van der Waals surface area contributed by atoms with E-state index in [1.807, 2.05) is 19.1 Å². The Labute approximate surface area is 203 Å². The van der Waals surface area contributed by atoms with Crippen molar-refractivity contribution < 1.29 is 19.1 Å². The van der Waals surface area contributed by atoms with E-state index in [0.29, 0.717) is 29.6 Å². The predicted molar refractivity (Wildman–Crippen MR) is 129 cm³/mol. The van der Waals surface area contributed by atoms with Crippen molar-refractivity contribution >= 4 is 29.3 Å². The summed E-state index contributed by atoms with van der Waals surface area (Å²) in [6, 6.07) is 16.0. The molecule has 4 rings (SSSR count). The van der Waals surface area contributed by atoms with Crippen LogP contribution in [0.25, 0.3) is 0 Å².